The van der Waals surface area contributed by atoms with Gasteiger partial charge in [-0.05, 0) is 18.2 Å². The first-order valence-electron chi connectivity index (χ1n) is 6.02. The number of amides is 1. The molecule has 1 fully saturated rings. The second-order valence-corrected chi connectivity index (χ2v) is 4.89. The quantitative estimate of drug-likeness (QED) is 0.825. The van der Waals surface area contributed by atoms with Crippen LogP contribution < -0.4 is 5.32 Å². The largest absolute Gasteiger partial charge is 0.350 e. The molecule has 1 aromatic heterocycles. The maximum Gasteiger partial charge on any atom is 0.270 e. The first-order valence-corrected chi connectivity index (χ1v) is 6.40. The maximum atomic E-state index is 12.3. The van der Waals surface area contributed by atoms with Gasteiger partial charge in [-0.3, -0.25) is 4.79 Å². The van der Waals surface area contributed by atoms with Crippen LogP contribution in [0.2, 0.25) is 5.02 Å². The number of carbonyl (C=O) groups is 1. The van der Waals surface area contributed by atoms with Crippen LogP contribution >= 0.6 is 11.6 Å². The summed E-state index contributed by atoms with van der Waals surface area (Å²) in [6.07, 6.45) is 0. The molecule has 18 heavy (non-hydrogen) atoms. The number of carbonyl (C=O) groups excluding carboxylic acids is 1. The predicted octanol–water partition coefficient (Wildman–Crippen LogP) is 1.87. The molecule has 0 spiro atoms. The second kappa shape index (κ2) is 4.63. The van der Waals surface area contributed by atoms with Crippen molar-refractivity contribution in [1.82, 2.24) is 15.2 Å². The Bertz CT molecular complexity index is 587. The van der Waals surface area contributed by atoms with Gasteiger partial charge in [0.1, 0.15) is 5.69 Å². The number of rotatable bonds is 1. The molecule has 1 aromatic carbocycles. The van der Waals surface area contributed by atoms with Gasteiger partial charge in [0, 0.05) is 42.1 Å². The number of H-pyrrole nitrogens is 1. The number of hydrogen-bond donors (Lipinski definition) is 2. The van der Waals surface area contributed by atoms with Crippen molar-refractivity contribution in [1.29, 1.82) is 0 Å². The first-order chi connectivity index (χ1) is 8.74. The molecule has 1 amide bonds. The fourth-order valence-corrected chi connectivity index (χ4v) is 2.42. The third-order valence-corrected chi connectivity index (χ3v) is 3.45. The van der Waals surface area contributed by atoms with Crippen molar-refractivity contribution in [3.63, 3.8) is 0 Å². The summed E-state index contributed by atoms with van der Waals surface area (Å²) < 4.78 is 0. The predicted molar refractivity (Wildman–Crippen MR) is 72.1 cm³/mol. The molecule has 1 saturated heterocycles. The maximum absolute atomic E-state index is 12.3. The zero-order valence-electron chi connectivity index (χ0n) is 9.87. The van der Waals surface area contributed by atoms with Crippen molar-refractivity contribution in [2.45, 2.75) is 0 Å². The number of aromatic amines is 1. The average molecular weight is 264 g/mol. The zero-order chi connectivity index (χ0) is 12.5. The highest BCUT2D eigenvalue weighted by Crippen LogP contribution is 2.20. The minimum atomic E-state index is 0.0591. The van der Waals surface area contributed by atoms with Gasteiger partial charge in [0.05, 0.1) is 0 Å². The number of aromatic nitrogens is 1. The highest BCUT2D eigenvalue weighted by Gasteiger charge is 2.19. The average Bonchev–Trinajstić information content (AvgIpc) is 2.81. The summed E-state index contributed by atoms with van der Waals surface area (Å²) in [5.41, 5.74) is 1.54. The molecule has 0 aliphatic carbocycles. The lowest BCUT2D eigenvalue weighted by molar-refractivity contribution is 0.0731. The Morgan fingerprint density at radius 2 is 2.00 bits per heavy atom. The van der Waals surface area contributed by atoms with Crippen LogP contribution in [0, 0.1) is 0 Å². The molecule has 0 atom stereocenters. The molecule has 4 nitrogen and oxygen atoms in total. The monoisotopic (exact) mass is 263 g/mol. The summed E-state index contributed by atoms with van der Waals surface area (Å²) in [4.78, 5) is 17.3. The van der Waals surface area contributed by atoms with Gasteiger partial charge in [-0.15, -0.1) is 0 Å². The first kappa shape index (κ1) is 11.6. The van der Waals surface area contributed by atoms with Crippen LogP contribution in [0.5, 0.6) is 0 Å². The van der Waals surface area contributed by atoms with E-state index in [1.54, 1.807) is 0 Å². The Morgan fingerprint density at radius 3 is 2.78 bits per heavy atom. The number of nitrogens with one attached hydrogen (secondary N) is 2. The highest BCUT2D eigenvalue weighted by molar-refractivity contribution is 6.31. The molecule has 0 radical (unpaired) electrons. The minimum Gasteiger partial charge on any atom is -0.350 e. The van der Waals surface area contributed by atoms with Gasteiger partial charge in [-0.1, -0.05) is 17.7 Å². The van der Waals surface area contributed by atoms with E-state index in [1.807, 2.05) is 29.2 Å². The smallest absolute Gasteiger partial charge is 0.270 e. The number of piperazine rings is 1. The van der Waals surface area contributed by atoms with E-state index < -0.39 is 0 Å². The van der Waals surface area contributed by atoms with E-state index in [4.69, 9.17) is 11.6 Å². The molecule has 3 rings (SSSR count). The van der Waals surface area contributed by atoms with E-state index in [0.29, 0.717) is 10.7 Å². The molecule has 1 aliphatic heterocycles. The van der Waals surface area contributed by atoms with Crippen LogP contribution in [0.3, 0.4) is 0 Å². The van der Waals surface area contributed by atoms with Crippen molar-refractivity contribution in [3.8, 4) is 0 Å². The van der Waals surface area contributed by atoms with Gasteiger partial charge in [0.2, 0.25) is 0 Å². The molecule has 0 unspecified atom stereocenters. The van der Waals surface area contributed by atoms with E-state index >= 15 is 0 Å². The number of fused-ring (bicyclic) bond motifs is 1. The van der Waals surface area contributed by atoms with Gasteiger partial charge < -0.3 is 15.2 Å². The molecular formula is C13H14ClN3O. The summed E-state index contributed by atoms with van der Waals surface area (Å²) >= 11 is 5.93. The molecule has 0 saturated carbocycles. The van der Waals surface area contributed by atoms with Gasteiger partial charge in [-0.2, -0.15) is 0 Å². The van der Waals surface area contributed by atoms with Crippen LogP contribution in [-0.2, 0) is 0 Å². The van der Waals surface area contributed by atoms with Crippen LogP contribution in [0.15, 0.2) is 24.3 Å². The molecule has 2 heterocycles. The summed E-state index contributed by atoms with van der Waals surface area (Å²) in [6, 6.07) is 7.47. The van der Waals surface area contributed by atoms with Crippen molar-refractivity contribution < 1.29 is 4.79 Å². The molecular weight excluding hydrogens is 250 g/mol. The molecule has 94 valence electrons. The SMILES string of the molecule is O=C(c1cc2ccc(Cl)cc2[nH]1)N1CCNCC1. The second-order valence-electron chi connectivity index (χ2n) is 4.46. The standard InChI is InChI=1S/C13H14ClN3O/c14-10-2-1-9-7-12(16-11(9)8-10)13(18)17-5-3-15-4-6-17/h1-2,7-8,15-16H,3-6H2. The molecule has 2 aromatic rings. The number of halogens is 1. The van der Waals surface area contributed by atoms with E-state index in [-0.39, 0.29) is 5.91 Å². The van der Waals surface area contributed by atoms with Crippen molar-refractivity contribution >= 4 is 28.4 Å². The Kier molecular flexibility index (Phi) is 2.97. The topological polar surface area (TPSA) is 48.1 Å². The summed E-state index contributed by atoms with van der Waals surface area (Å²) in [5, 5.41) is 4.92. The lowest BCUT2D eigenvalue weighted by Gasteiger charge is -2.26. The third-order valence-electron chi connectivity index (χ3n) is 3.22. The van der Waals surface area contributed by atoms with Crippen molar-refractivity contribution in [2.24, 2.45) is 0 Å². The Morgan fingerprint density at radius 1 is 1.22 bits per heavy atom. The van der Waals surface area contributed by atoms with Crippen molar-refractivity contribution in [3.05, 3.63) is 35.0 Å². The van der Waals surface area contributed by atoms with Gasteiger partial charge >= 0.3 is 0 Å². The van der Waals surface area contributed by atoms with Crippen LogP contribution in [-0.4, -0.2) is 42.0 Å². The highest BCUT2D eigenvalue weighted by atomic mass is 35.5. The number of nitrogens with zero attached hydrogens (tertiary/aromatic N) is 1. The van der Waals surface area contributed by atoms with Crippen LogP contribution in [0.4, 0.5) is 0 Å². The summed E-state index contributed by atoms with van der Waals surface area (Å²) in [5.74, 6) is 0.0591. The molecule has 0 bridgehead atoms. The third kappa shape index (κ3) is 2.09. The molecule has 5 heteroatoms. The van der Waals surface area contributed by atoms with Gasteiger partial charge in [0.25, 0.3) is 5.91 Å². The fourth-order valence-electron chi connectivity index (χ4n) is 2.25. The van der Waals surface area contributed by atoms with E-state index in [0.717, 1.165) is 37.1 Å². The Balaban J connectivity index is 1.91. The molecule has 1 aliphatic rings. The van der Waals surface area contributed by atoms with Crippen LogP contribution in [0.1, 0.15) is 10.5 Å². The number of hydrogen-bond acceptors (Lipinski definition) is 2. The van der Waals surface area contributed by atoms with Gasteiger partial charge in [-0.25, -0.2) is 0 Å². The summed E-state index contributed by atoms with van der Waals surface area (Å²) in [6.45, 7) is 3.24. The molecule has 2 N–H and O–H groups in total. The van der Waals surface area contributed by atoms with E-state index in [9.17, 15) is 4.79 Å². The lowest BCUT2D eigenvalue weighted by Crippen LogP contribution is -2.46. The minimum absolute atomic E-state index is 0.0591. The lowest BCUT2D eigenvalue weighted by atomic mass is 10.2. The Hall–Kier alpha value is -1.52. The normalized spacial score (nSPS) is 16.2. The summed E-state index contributed by atoms with van der Waals surface area (Å²) in [7, 11) is 0. The van der Waals surface area contributed by atoms with E-state index in [1.165, 1.54) is 0 Å². The van der Waals surface area contributed by atoms with Crippen LogP contribution in [0.25, 0.3) is 10.9 Å². The Labute approximate surface area is 110 Å². The zero-order valence-corrected chi connectivity index (χ0v) is 10.6. The van der Waals surface area contributed by atoms with Crippen molar-refractivity contribution in [2.75, 3.05) is 26.2 Å². The fraction of sp³-hybridized carbons (Fsp3) is 0.308. The van der Waals surface area contributed by atoms with E-state index in [2.05, 4.69) is 10.3 Å². The number of benzene rings is 1. The van der Waals surface area contributed by atoms with Gasteiger partial charge in [0.15, 0.2) is 0 Å².